The Hall–Kier alpha value is 0.177. The van der Waals surface area contributed by atoms with E-state index in [1.54, 1.807) is 0 Å². The molecule has 2 aliphatic rings. The van der Waals surface area contributed by atoms with Crippen LogP contribution in [0.5, 0.6) is 0 Å². The fraction of sp³-hybridized carbons (Fsp3) is 0.571. The SMILES string of the molecule is C[Si](C)(SC(=S)C1=C(N)CCC1)SC(=S)C1=C(N)CCC1. The predicted octanol–water partition coefficient (Wildman–Crippen LogP) is 4.60. The summed E-state index contributed by atoms with van der Waals surface area (Å²) in [6.07, 6.45) is 4.68. The van der Waals surface area contributed by atoms with Crippen LogP contribution in [0.4, 0.5) is 0 Å². The first kappa shape index (κ1) is 17.5. The lowest BCUT2D eigenvalue weighted by Crippen LogP contribution is -2.22. The molecule has 4 N–H and O–H groups in total. The zero-order chi connectivity index (χ0) is 15.6. The van der Waals surface area contributed by atoms with Crippen molar-refractivity contribution in [1.29, 1.82) is 0 Å². The van der Waals surface area contributed by atoms with E-state index in [-0.39, 0.29) is 0 Å². The Kier molecular flexibility index (Phi) is 5.98. The molecule has 0 spiro atoms. The fourth-order valence-electron chi connectivity index (χ4n) is 2.59. The maximum atomic E-state index is 6.06. The number of nitrogens with two attached hydrogens (primary N) is 2. The van der Waals surface area contributed by atoms with Gasteiger partial charge in [-0.3, -0.25) is 0 Å². The van der Waals surface area contributed by atoms with Crippen LogP contribution in [0.1, 0.15) is 38.5 Å². The quantitative estimate of drug-likeness (QED) is 0.554. The smallest absolute Gasteiger partial charge is 0.184 e. The molecule has 21 heavy (non-hydrogen) atoms. The molecule has 0 aromatic carbocycles. The van der Waals surface area contributed by atoms with Crippen LogP contribution in [0.3, 0.4) is 0 Å². The van der Waals surface area contributed by atoms with Gasteiger partial charge in [-0.2, -0.15) is 0 Å². The van der Waals surface area contributed by atoms with Crippen molar-refractivity contribution >= 4 is 61.6 Å². The van der Waals surface area contributed by atoms with Gasteiger partial charge in [-0.25, -0.2) is 0 Å². The van der Waals surface area contributed by atoms with Gasteiger partial charge in [0, 0.05) is 11.4 Å². The zero-order valence-corrected chi connectivity index (χ0v) is 16.8. The Balaban J connectivity index is 1.99. The predicted molar refractivity (Wildman–Crippen MR) is 108 cm³/mol. The third-order valence-electron chi connectivity index (χ3n) is 3.69. The van der Waals surface area contributed by atoms with Crippen LogP contribution >= 0.6 is 46.9 Å². The summed E-state index contributed by atoms with van der Waals surface area (Å²) in [7, 11) is 0. The number of hydrogen-bond donors (Lipinski definition) is 2. The van der Waals surface area contributed by atoms with Gasteiger partial charge in [-0.15, -0.1) is 22.4 Å². The molecule has 0 unspecified atom stereocenters. The first-order chi connectivity index (χ1) is 9.80. The second kappa shape index (κ2) is 7.17. The summed E-state index contributed by atoms with van der Waals surface area (Å²) >= 11 is 14.9. The number of allylic oxidation sites excluding steroid dienone is 2. The Bertz CT molecular complexity index is 491. The molecule has 0 saturated heterocycles. The van der Waals surface area contributed by atoms with Crippen molar-refractivity contribution in [3.8, 4) is 0 Å². The topological polar surface area (TPSA) is 52.0 Å². The normalized spacial score (nSPS) is 19.5. The van der Waals surface area contributed by atoms with Crippen molar-refractivity contribution < 1.29 is 0 Å². The monoisotopic (exact) mass is 374 g/mol. The van der Waals surface area contributed by atoms with Crippen LogP contribution < -0.4 is 11.5 Å². The molecule has 0 heterocycles. The van der Waals surface area contributed by atoms with Gasteiger partial charge in [0.05, 0.1) is 8.39 Å². The minimum absolute atomic E-state index is 0.991. The molecular formula is C14H22N2S4Si. The molecule has 0 aliphatic heterocycles. The van der Waals surface area contributed by atoms with Crippen molar-refractivity contribution in [3.05, 3.63) is 22.5 Å². The summed E-state index contributed by atoms with van der Waals surface area (Å²) in [6.45, 7) is 4.61. The number of thiocarbonyl (C=S) groups is 2. The van der Waals surface area contributed by atoms with E-state index in [1.807, 2.05) is 22.4 Å². The molecule has 0 radical (unpaired) electrons. The van der Waals surface area contributed by atoms with E-state index in [4.69, 9.17) is 35.9 Å². The maximum Gasteiger partial charge on any atom is 0.184 e. The Labute approximate surface area is 146 Å². The molecule has 2 aliphatic carbocycles. The van der Waals surface area contributed by atoms with Crippen LogP contribution in [-0.2, 0) is 0 Å². The third-order valence-corrected chi connectivity index (χ3v) is 13.1. The minimum atomic E-state index is -1.65. The molecule has 7 heteroatoms. The van der Waals surface area contributed by atoms with Gasteiger partial charge >= 0.3 is 0 Å². The van der Waals surface area contributed by atoms with Crippen LogP contribution in [0.25, 0.3) is 0 Å². The van der Waals surface area contributed by atoms with E-state index < -0.39 is 6.37 Å². The average molecular weight is 375 g/mol. The highest BCUT2D eigenvalue weighted by Gasteiger charge is 2.31. The molecular weight excluding hydrogens is 353 g/mol. The lowest BCUT2D eigenvalue weighted by atomic mass is 10.2. The highest BCUT2D eigenvalue weighted by Crippen LogP contribution is 2.41. The summed E-state index contributed by atoms with van der Waals surface area (Å²) in [4.78, 5) is 0. The first-order valence-corrected chi connectivity index (χ1v) is 14.1. The van der Waals surface area contributed by atoms with E-state index >= 15 is 0 Å². The van der Waals surface area contributed by atoms with Crippen molar-refractivity contribution in [2.75, 3.05) is 0 Å². The van der Waals surface area contributed by atoms with Gasteiger partial charge in [0.15, 0.2) is 6.37 Å². The summed E-state index contributed by atoms with van der Waals surface area (Å²) < 4.78 is 1.98. The lowest BCUT2D eigenvalue weighted by molar-refractivity contribution is 0.897. The van der Waals surface area contributed by atoms with E-state index in [9.17, 15) is 0 Å². The van der Waals surface area contributed by atoms with Crippen LogP contribution in [0, 0.1) is 0 Å². The lowest BCUT2D eigenvalue weighted by Gasteiger charge is -2.23. The van der Waals surface area contributed by atoms with Gasteiger partial charge in [-0.05, 0) is 49.7 Å². The fourth-order valence-corrected chi connectivity index (χ4v) is 14.8. The Morgan fingerprint density at radius 3 is 1.52 bits per heavy atom. The van der Waals surface area contributed by atoms with Gasteiger partial charge < -0.3 is 11.5 Å². The van der Waals surface area contributed by atoms with Crippen molar-refractivity contribution in [3.63, 3.8) is 0 Å². The van der Waals surface area contributed by atoms with Crippen molar-refractivity contribution in [1.82, 2.24) is 0 Å². The van der Waals surface area contributed by atoms with E-state index in [0.29, 0.717) is 0 Å². The summed E-state index contributed by atoms with van der Waals surface area (Å²) in [5, 5.41) is 0. The van der Waals surface area contributed by atoms with Crippen molar-refractivity contribution in [2.24, 2.45) is 11.5 Å². The number of hydrogen-bond acceptors (Lipinski definition) is 6. The van der Waals surface area contributed by atoms with Crippen molar-refractivity contribution in [2.45, 2.75) is 51.6 Å². The largest absolute Gasteiger partial charge is 0.402 e. The second-order valence-electron chi connectivity index (χ2n) is 5.89. The average Bonchev–Trinajstić information content (AvgIpc) is 2.96. The molecule has 0 aromatic rings. The van der Waals surface area contributed by atoms with Crippen LogP contribution in [0.2, 0.25) is 13.1 Å². The maximum absolute atomic E-state index is 6.06. The molecule has 0 fully saturated rings. The highest BCUT2D eigenvalue weighted by atomic mass is 32.6. The molecule has 0 amide bonds. The van der Waals surface area contributed by atoms with Crippen LogP contribution in [-0.4, -0.2) is 14.8 Å². The summed E-state index contributed by atoms with van der Waals surface area (Å²) in [5.41, 5.74) is 16.5. The first-order valence-electron chi connectivity index (χ1n) is 7.22. The van der Waals surface area contributed by atoms with E-state index in [0.717, 1.165) is 58.3 Å². The molecule has 2 nitrogen and oxygen atoms in total. The van der Waals surface area contributed by atoms with Gasteiger partial charge in [0.25, 0.3) is 0 Å². The van der Waals surface area contributed by atoms with Gasteiger partial charge in [0.1, 0.15) is 0 Å². The standard InChI is InChI=1S/C14H22N2S4Si/c1-21(2,19-13(17)9-5-3-7-11(9)15)20-14(18)10-6-4-8-12(10)16/h3-8,15-16H2,1-2H3. The van der Waals surface area contributed by atoms with Gasteiger partial charge in [-0.1, -0.05) is 37.5 Å². The molecule has 0 aromatic heterocycles. The van der Waals surface area contributed by atoms with E-state index in [1.165, 1.54) is 11.1 Å². The molecule has 116 valence electrons. The summed E-state index contributed by atoms with van der Waals surface area (Å²) in [6, 6.07) is 0. The Morgan fingerprint density at radius 1 is 0.857 bits per heavy atom. The Morgan fingerprint density at radius 2 is 1.24 bits per heavy atom. The third kappa shape index (κ3) is 4.57. The highest BCUT2D eigenvalue weighted by molar-refractivity contribution is 8.69. The summed E-state index contributed by atoms with van der Waals surface area (Å²) in [5.74, 6) is 0. The molecule has 0 saturated carbocycles. The molecule has 0 atom stereocenters. The van der Waals surface area contributed by atoms with Gasteiger partial charge in [0.2, 0.25) is 0 Å². The molecule has 2 rings (SSSR count). The second-order valence-corrected chi connectivity index (χ2v) is 19.4. The minimum Gasteiger partial charge on any atom is -0.402 e. The zero-order valence-electron chi connectivity index (χ0n) is 12.5. The number of rotatable bonds is 4. The van der Waals surface area contributed by atoms with E-state index in [2.05, 4.69) is 13.1 Å². The van der Waals surface area contributed by atoms with Crippen LogP contribution in [0.15, 0.2) is 22.5 Å². The molecule has 0 bridgehead atoms.